The van der Waals surface area contributed by atoms with Crippen LogP contribution in [-0.4, -0.2) is 111 Å². The number of carbonyl (C=O) groups excluding carboxylic acids is 1. The molecule has 0 aliphatic carbocycles. The number of ether oxygens (including phenoxy) is 2. The van der Waals surface area contributed by atoms with E-state index >= 15 is 0 Å². The van der Waals surface area contributed by atoms with Crippen molar-refractivity contribution in [2.24, 2.45) is 0 Å². The fourth-order valence-corrected chi connectivity index (χ4v) is 11.8. The van der Waals surface area contributed by atoms with Gasteiger partial charge < -0.3 is 34.4 Å². The molecule has 0 unspecified atom stereocenters. The molecule has 388 valence electrons. The van der Waals surface area contributed by atoms with Gasteiger partial charge in [-0.2, -0.15) is 0 Å². The second-order valence-corrected chi connectivity index (χ2v) is 22.9. The van der Waals surface area contributed by atoms with Crippen LogP contribution in [0.25, 0.3) is 0 Å². The number of para-hydroxylation sites is 3. The number of nitrogens with one attached hydrogen (secondary N) is 3. The quantitative estimate of drug-likeness (QED) is 0.0933. The highest BCUT2D eigenvalue weighted by Gasteiger charge is 2.35. The molecule has 72 heavy (non-hydrogen) atoms. The van der Waals surface area contributed by atoms with Crippen LogP contribution in [0.3, 0.4) is 0 Å². The number of likely N-dealkylation sites (tertiary alicyclic amines) is 1. The van der Waals surface area contributed by atoms with E-state index in [2.05, 4.69) is 90.5 Å². The van der Waals surface area contributed by atoms with Gasteiger partial charge >= 0.3 is 12.4 Å². The van der Waals surface area contributed by atoms with Gasteiger partial charge in [-0.05, 0) is 143 Å². The zero-order valence-corrected chi connectivity index (χ0v) is 43.2. The van der Waals surface area contributed by atoms with Gasteiger partial charge in [0.1, 0.15) is 11.5 Å². The van der Waals surface area contributed by atoms with Crippen LogP contribution in [0.1, 0.15) is 57.2 Å². The predicted octanol–water partition coefficient (Wildman–Crippen LogP) is 8.37. The second kappa shape index (κ2) is 22.8. The van der Waals surface area contributed by atoms with E-state index in [4.69, 9.17) is 4.74 Å². The first-order chi connectivity index (χ1) is 34.2. The molecule has 4 heterocycles. The summed E-state index contributed by atoms with van der Waals surface area (Å²) in [4.78, 5) is 20.7. The molecule has 2 amide bonds. The van der Waals surface area contributed by atoms with E-state index in [0.717, 1.165) is 108 Å². The molecule has 3 N–H and O–H groups in total. The Balaban J connectivity index is 0.000000161. The Morgan fingerprint density at radius 2 is 0.986 bits per heavy atom. The molecule has 4 aliphatic rings. The maximum absolute atomic E-state index is 12.6. The lowest BCUT2D eigenvalue weighted by Crippen LogP contribution is -2.51. The van der Waals surface area contributed by atoms with Crippen molar-refractivity contribution in [3.63, 3.8) is 0 Å². The van der Waals surface area contributed by atoms with Crippen LogP contribution in [0.2, 0.25) is 0 Å². The van der Waals surface area contributed by atoms with Crippen molar-refractivity contribution in [2.75, 3.05) is 80.7 Å². The number of hydrogen-bond donors (Lipinski definition) is 3. The number of halogens is 3. The molecular weight excluding hydrogens is 968 g/mol. The summed E-state index contributed by atoms with van der Waals surface area (Å²) in [7, 11) is -5.88. The number of amides is 2. The molecule has 0 bridgehead atoms. The number of carbonyl (C=O) groups is 1. The third-order valence-corrected chi connectivity index (χ3v) is 16.2. The lowest BCUT2D eigenvalue weighted by Gasteiger charge is -2.38. The van der Waals surface area contributed by atoms with Crippen LogP contribution in [-0.2, 0) is 39.3 Å². The molecule has 0 spiro atoms. The van der Waals surface area contributed by atoms with Crippen molar-refractivity contribution < 1.29 is 44.3 Å². The first-order valence-electron chi connectivity index (χ1n) is 24.2. The normalized spacial score (nSPS) is 15.4. The molecule has 0 radical (unpaired) electrons. The van der Waals surface area contributed by atoms with E-state index in [0.29, 0.717) is 12.3 Å². The fraction of sp³-hybridized carbons (Fsp3) is 0.415. The van der Waals surface area contributed by atoms with Crippen molar-refractivity contribution in [1.82, 2.24) is 19.7 Å². The number of fused-ring (bicyclic) bond motifs is 3. The predicted molar refractivity (Wildman–Crippen MR) is 276 cm³/mol. The maximum atomic E-state index is 12.6. The standard InChI is InChI=1S/C19H21F3N2O3S.C19H24N2O3S.C15H21N3O/c1-18(2,24-12-11-14-5-3-4-6-17(14)24)13-23-28(25,26)16-9-7-15(8-10-16)27-19(20,21)22;1-19(2,21-13-12-15-6-4-5-7-18(15)21)14-20-25(22,23)17-10-8-16(24-3)9-11-17;19-15(18-9-3-4-10-18)16-8-12-17-11-7-13-5-1-2-6-14(13)17/h3-10,23H,11-13H2,1-2H3;4-11,20H,12-14H2,1-3H3;1-2,5-6H,3-4,7-12H2,(H,16,19). The van der Waals surface area contributed by atoms with E-state index in [1.54, 1.807) is 31.4 Å². The topological polar surface area (TPSA) is 153 Å². The van der Waals surface area contributed by atoms with E-state index < -0.39 is 37.7 Å². The summed E-state index contributed by atoms with van der Waals surface area (Å²) < 4.78 is 101. The van der Waals surface area contributed by atoms with Crippen LogP contribution in [0.5, 0.6) is 11.5 Å². The van der Waals surface area contributed by atoms with Crippen LogP contribution in [0.4, 0.5) is 35.0 Å². The molecule has 14 nitrogen and oxygen atoms in total. The summed E-state index contributed by atoms with van der Waals surface area (Å²) in [6.45, 7) is 14.7. The largest absolute Gasteiger partial charge is 0.573 e. The van der Waals surface area contributed by atoms with Crippen LogP contribution >= 0.6 is 0 Å². The van der Waals surface area contributed by atoms with E-state index in [1.165, 1.54) is 28.1 Å². The SMILES string of the molecule is CC(C)(CNS(=O)(=O)c1ccc(OC(F)(F)F)cc1)N1CCc2ccccc21.COc1ccc(S(=O)(=O)NCC(C)(C)N2CCc3ccccc32)cc1.O=C(NCCN1CCc2ccccc21)N1CCCC1. The molecule has 5 aromatic carbocycles. The monoisotopic (exact) mass is 1030 g/mol. The summed E-state index contributed by atoms with van der Waals surface area (Å²) in [5.74, 6) is 0.161. The number of sulfonamides is 2. The van der Waals surface area contributed by atoms with Gasteiger partial charge in [-0.15, -0.1) is 13.2 Å². The minimum atomic E-state index is -4.82. The zero-order chi connectivity index (χ0) is 51.7. The number of rotatable bonds is 15. The third-order valence-electron chi connectivity index (χ3n) is 13.4. The molecule has 1 saturated heterocycles. The average molecular weight is 1030 g/mol. The summed E-state index contributed by atoms with van der Waals surface area (Å²) in [6, 6.07) is 35.5. The van der Waals surface area contributed by atoms with Crippen molar-refractivity contribution in [1.29, 1.82) is 0 Å². The first kappa shape index (κ1) is 53.8. The minimum absolute atomic E-state index is 0.102. The zero-order valence-electron chi connectivity index (χ0n) is 41.5. The highest BCUT2D eigenvalue weighted by molar-refractivity contribution is 7.89. The molecule has 0 atom stereocenters. The van der Waals surface area contributed by atoms with Crippen LogP contribution in [0.15, 0.2) is 131 Å². The molecule has 0 saturated carbocycles. The lowest BCUT2D eigenvalue weighted by atomic mass is 10.0. The van der Waals surface area contributed by atoms with Gasteiger partial charge in [-0.3, -0.25) is 0 Å². The van der Waals surface area contributed by atoms with Gasteiger partial charge in [0.25, 0.3) is 0 Å². The Labute approximate surface area is 422 Å². The van der Waals surface area contributed by atoms with Gasteiger partial charge in [-0.1, -0.05) is 54.6 Å². The van der Waals surface area contributed by atoms with Gasteiger partial charge in [0, 0.05) is 87.0 Å². The molecule has 0 aromatic heterocycles. The number of anilines is 3. The number of alkyl halides is 3. The highest BCUT2D eigenvalue weighted by atomic mass is 32.2. The van der Waals surface area contributed by atoms with Crippen LogP contribution < -0.4 is 38.9 Å². The summed E-state index contributed by atoms with van der Waals surface area (Å²) in [5.41, 5.74) is 6.75. The van der Waals surface area contributed by atoms with Crippen LogP contribution in [0, 0.1) is 0 Å². The number of benzene rings is 5. The summed E-state index contributed by atoms with van der Waals surface area (Å²) in [5, 5.41) is 3.03. The Bertz CT molecular complexity index is 2840. The van der Waals surface area contributed by atoms with Crippen molar-refractivity contribution in [3.8, 4) is 11.5 Å². The smallest absolute Gasteiger partial charge is 0.497 e. The number of nitrogens with zero attached hydrogens (tertiary/aromatic N) is 4. The number of methoxy groups -OCH3 is 1. The van der Waals surface area contributed by atoms with Gasteiger partial charge in [0.15, 0.2) is 0 Å². The first-order valence-corrected chi connectivity index (χ1v) is 27.2. The Morgan fingerprint density at radius 1 is 0.569 bits per heavy atom. The van der Waals surface area contributed by atoms with Gasteiger partial charge in [-0.25, -0.2) is 31.1 Å². The Hall–Kier alpha value is -6.02. The van der Waals surface area contributed by atoms with Gasteiger partial charge in [0.2, 0.25) is 20.0 Å². The van der Waals surface area contributed by atoms with Crippen molar-refractivity contribution >= 4 is 43.1 Å². The fourth-order valence-electron chi connectivity index (χ4n) is 9.38. The molecule has 9 rings (SSSR count). The molecule has 5 aromatic rings. The molecule has 19 heteroatoms. The van der Waals surface area contributed by atoms with Crippen molar-refractivity contribution in [3.05, 3.63) is 138 Å². The second-order valence-electron chi connectivity index (χ2n) is 19.3. The third kappa shape index (κ3) is 13.7. The van der Waals surface area contributed by atoms with E-state index in [1.807, 2.05) is 49.1 Å². The lowest BCUT2D eigenvalue weighted by molar-refractivity contribution is -0.274. The molecule has 4 aliphatic heterocycles. The van der Waals surface area contributed by atoms with Crippen molar-refractivity contribution in [2.45, 2.75) is 87.0 Å². The Kier molecular flexibility index (Phi) is 17.0. The van der Waals surface area contributed by atoms with Gasteiger partial charge in [0.05, 0.1) is 16.9 Å². The van der Waals surface area contributed by atoms with E-state index in [9.17, 15) is 34.8 Å². The average Bonchev–Trinajstić information content (AvgIpc) is 4.21. The summed E-state index contributed by atoms with van der Waals surface area (Å²) >= 11 is 0. The minimum Gasteiger partial charge on any atom is -0.497 e. The summed E-state index contributed by atoms with van der Waals surface area (Å²) in [6.07, 6.45) is 0.475. The maximum Gasteiger partial charge on any atom is 0.573 e. The van der Waals surface area contributed by atoms with E-state index in [-0.39, 0.29) is 27.9 Å². The Morgan fingerprint density at radius 3 is 1.44 bits per heavy atom. The molecule has 1 fully saturated rings. The molecular formula is C53H66F3N7O7S2. The number of urea groups is 1. The highest BCUT2D eigenvalue weighted by Crippen LogP contribution is 2.35. The number of hydrogen-bond acceptors (Lipinski definition) is 10.